The van der Waals surface area contributed by atoms with Crippen LogP contribution in [0.25, 0.3) is 0 Å². The van der Waals surface area contributed by atoms with Gasteiger partial charge >= 0.3 is 26.3 Å². The van der Waals surface area contributed by atoms with Crippen molar-refractivity contribution in [1.82, 2.24) is 0 Å². The van der Waals surface area contributed by atoms with Crippen LogP contribution in [0.4, 0.5) is 8.90 Å². The summed E-state index contributed by atoms with van der Waals surface area (Å²) in [6.07, 6.45) is -1.39. The van der Waals surface area contributed by atoms with E-state index in [0.717, 1.165) is 0 Å². The minimum atomic E-state index is -1.96. The van der Waals surface area contributed by atoms with Gasteiger partial charge in [0.1, 0.15) is 0 Å². The molecule has 0 aromatic rings. The molecule has 0 fully saturated rings. The minimum absolute atomic E-state index is 1.39. The van der Waals surface area contributed by atoms with Crippen LogP contribution in [0.3, 0.4) is 0 Å². The number of halogens is 1. The molecule has 0 rings (SSSR count). The van der Waals surface area contributed by atoms with Gasteiger partial charge in [0.2, 0.25) is 0 Å². The van der Waals surface area contributed by atoms with E-state index in [-0.39, 0.29) is 0 Å². The van der Waals surface area contributed by atoms with Gasteiger partial charge in [-0.15, -0.1) is 0 Å². The van der Waals surface area contributed by atoms with E-state index in [1.54, 1.807) is 0 Å². The van der Waals surface area contributed by atoms with Crippen LogP contribution in [-0.2, 0) is 8.54 Å². The second kappa shape index (κ2) is 4.75. The lowest BCUT2D eigenvalue weighted by atomic mass is 11.5. The molecule has 1 N–H and O–H groups in total. The van der Waals surface area contributed by atoms with Crippen molar-refractivity contribution in [2.45, 2.75) is 0 Å². The first-order valence-corrected chi connectivity index (χ1v) is 4.03. The van der Waals surface area contributed by atoms with Gasteiger partial charge in [0.25, 0.3) is 0 Å². The average molecular weight is 156 g/mol. The Bertz CT molecular complexity index is 76.4. The van der Waals surface area contributed by atoms with Gasteiger partial charge < -0.3 is 13.6 Å². The summed E-state index contributed by atoms with van der Waals surface area (Å²) >= 11 is 0. The fraction of sp³-hybridized carbons (Fsp3) is 0. The maximum Gasteiger partial charge on any atom is 0.493 e. The zero-order valence-electron chi connectivity index (χ0n) is 3.96. The van der Waals surface area contributed by atoms with Crippen molar-refractivity contribution in [3.8, 4) is 0 Å². The Balaban J connectivity index is 2.82. The SMILES string of the molecule is O=C(O)O[SiH2]O[SiH2]F. The fourth-order valence-corrected chi connectivity index (χ4v) is 0.810. The molecule has 0 aliphatic carbocycles. The lowest BCUT2D eigenvalue weighted by molar-refractivity contribution is 0.141. The van der Waals surface area contributed by atoms with E-state index in [0.29, 0.717) is 0 Å². The molecule has 0 aromatic heterocycles. The predicted octanol–water partition coefficient (Wildman–Crippen LogP) is -1.34. The molecule has 8 heavy (non-hydrogen) atoms. The maximum atomic E-state index is 11.1. The molecule has 0 aromatic carbocycles. The van der Waals surface area contributed by atoms with Gasteiger partial charge in [0, 0.05) is 0 Å². The Hall–Kier alpha value is -0.406. The van der Waals surface area contributed by atoms with Crippen molar-refractivity contribution in [3.05, 3.63) is 0 Å². The first-order valence-electron chi connectivity index (χ1n) is 1.77. The molecule has 0 bridgehead atoms. The highest BCUT2D eigenvalue weighted by Gasteiger charge is 1.94. The summed E-state index contributed by atoms with van der Waals surface area (Å²) in [7, 11) is -3.50. The minimum Gasteiger partial charge on any atom is -0.470 e. The third kappa shape index (κ3) is 5.59. The molecular formula is CH5FO4Si2. The average Bonchev–Trinajstić information content (AvgIpc) is 1.66. The zero-order valence-corrected chi connectivity index (χ0v) is 6.79. The summed E-state index contributed by atoms with van der Waals surface area (Å²) < 4.78 is 19.2. The van der Waals surface area contributed by atoms with Crippen LogP contribution < -0.4 is 0 Å². The third-order valence-electron chi connectivity index (χ3n) is 0.343. The van der Waals surface area contributed by atoms with Crippen molar-refractivity contribution in [1.29, 1.82) is 0 Å². The van der Waals surface area contributed by atoms with E-state index in [4.69, 9.17) is 5.11 Å². The summed E-state index contributed by atoms with van der Waals surface area (Å²) in [5, 5.41) is 7.77. The smallest absolute Gasteiger partial charge is 0.470 e. The molecule has 0 saturated carbocycles. The van der Waals surface area contributed by atoms with Crippen molar-refractivity contribution in [2.75, 3.05) is 0 Å². The standard InChI is InChI=1S/CH5FO4Si2/c2-7-6-8-5-1(3)4/h7-8H2,(H,3,4). The maximum absolute atomic E-state index is 11.1. The summed E-state index contributed by atoms with van der Waals surface area (Å²) in [5.74, 6) is 0. The number of carboxylic acid groups (broad SMARTS) is 1. The fourth-order valence-electron chi connectivity index (χ4n) is 0.124. The highest BCUT2D eigenvalue weighted by molar-refractivity contribution is 6.35. The van der Waals surface area contributed by atoms with Gasteiger partial charge in [-0.25, -0.2) is 4.79 Å². The van der Waals surface area contributed by atoms with Gasteiger partial charge in [-0.1, -0.05) is 0 Å². The van der Waals surface area contributed by atoms with Gasteiger partial charge in [-0.2, -0.15) is 0 Å². The highest BCUT2D eigenvalue weighted by atomic mass is 28.3. The molecule has 4 nitrogen and oxygen atoms in total. The summed E-state index contributed by atoms with van der Waals surface area (Å²) in [4.78, 5) is 9.50. The van der Waals surface area contributed by atoms with Crippen molar-refractivity contribution in [2.24, 2.45) is 0 Å². The quantitative estimate of drug-likeness (QED) is 0.312. The van der Waals surface area contributed by atoms with Gasteiger partial charge in [0.05, 0.1) is 0 Å². The van der Waals surface area contributed by atoms with Crippen molar-refractivity contribution in [3.63, 3.8) is 0 Å². The van der Waals surface area contributed by atoms with Gasteiger partial charge in [-0.3, -0.25) is 4.11 Å². The van der Waals surface area contributed by atoms with Crippen LogP contribution in [0.5, 0.6) is 0 Å². The second-order valence-electron chi connectivity index (χ2n) is 0.841. The van der Waals surface area contributed by atoms with Crippen molar-refractivity contribution >= 4 is 26.3 Å². The van der Waals surface area contributed by atoms with E-state index in [1.807, 2.05) is 0 Å². The number of carbonyl (C=O) groups is 1. The number of hydrogen-bond donors (Lipinski definition) is 1. The van der Waals surface area contributed by atoms with Crippen LogP contribution in [-0.4, -0.2) is 31.4 Å². The van der Waals surface area contributed by atoms with Crippen LogP contribution in [0, 0.1) is 0 Å². The Morgan fingerprint density at radius 2 is 2.38 bits per heavy atom. The highest BCUT2D eigenvalue weighted by Crippen LogP contribution is 1.73. The van der Waals surface area contributed by atoms with Crippen LogP contribution in [0.15, 0.2) is 0 Å². The molecule has 0 aliphatic rings. The summed E-state index contributed by atoms with van der Waals surface area (Å²) in [6.45, 7) is 0. The molecule has 0 amide bonds. The Kier molecular flexibility index (Phi) is 4.50. The van der Waals surface area contributed by atoms with Crippen LogP contribution in [0.1, 0.15) is 0 Å². The topological polar surface area (TPSA) is 55.8 Å². The number of hydrogen-bond acceptors (Lipinski definition) is 3. The normalized spacial score (nSPS) is 11.6. The lowest BCUT2D eigenvalue weighted by Gasteiger charge is -1.94. The first-order chi connectivity index (χ1) is 3.77. The van der Waals surface area contributed by atoms with E-state index in [9.17, 15) is 8.90 Å². The molecule has 0 aliphatic heterocycles. The molecule has 0 heterocycles. The summed E-state index contributed by atoms with van der Waals surface area (Å²) in [5.41, 5.74) is 0. The molecule has 0 unspecified atom stereocenters. The molecular weight excluding hydrogens is 151 g/mol. The molecule has 48 valence electrons. The largest absolute Gasteiger partial charge is 0.493 e. The first kappa shape index (κ1) is 7.59. The third-order valence-corrected chi connectivity index (χ3v) is 1.99. The van der Waals surface area contributed by atoms with Crippen molar-refractivity contribution < 1.29 is 22.6 Å². The molecule has 0 atom stereocenters. The molecule has 0 saturated heterocycles. The monoisotopic (exact) mass is 156 g/mol. The van der Waals surface area contributed by atoms with E-state index in [2.05, 4.69) is 8.54 Å². The summed E-state index contributed by atoms with van der Waals surface area (Å²) in [6, 6.07) is 0. The molecule has 7 heteroatoms. The van der Waals surface area contributed by atoms with Gasteiger partial charge in [0.15, 0.2) is 0 Å². The van der Waals surface area contributed by atoms with Crippen LogP contribution in [0.2, 0.25) is 0 Å². The van der Waals surface area contributed by atoms with Gasteiger partial charge in [-0.05, 0) is 0 Å². The van der Waals surface area contributed by atoms with Crippen LogP contribution >= 0.6 is 0 Å². The van der Waals surface area contributed by atoms with E-state index in [1.165, 1.54) is 0 Å². The Labute approximate surface area is 49.8 Å². The molecule has 0 radical (unpaired) electrons. The molecule has 0 spiro atoms. The Morgan fingerprint density at radius 3 is 2.75 bits per heavy atom. The Morgan fingerprint density at radius 1 is 1.75 bits per heavy atom. The lowest BCUT2D eigenvalue weighted by Crippen LogP contribution is -2.09. The van der Waals surface area contributed by atoms with E-state index < -0.39 is 26.3 Å². The predicted molar refractivity (Wildman–Crippen MR) is 28.4 cm³/mol. The van der Waals surface area contributed by atoms with E-state index >= 15 is 0 Å². The zero-order chi connectivity index (χ0) is 6.41. The number of rotatable bonds is 3. The second-order valence-corrected chi connectivity index (χ2v) is 3.22.